The van der Waals surface area contributed by atoms with Crippen LogP contribution in [0.4, 0.5) is 5.69 Å². The van der Waals surface area contributed by atoms with Gasteiger partial charge in [0.05, 0.1) is 11.4 Å². The van der Waals surface area contributed by atoms with E-state index in [1.807, 2.05) is 64.1 Å². The minimum Gasteiger partial charge on any atom is -0.325 e. The van der Waals surface area contributed by atoms with Gasteiger partial charge in [-0.1, -0.05) is 41.9 Å². The number of para-hydroxylation sites is 1. The second-order valence-electron chi connectivity index (χ2n) is 7.38. The van der Waals surface area contributed by atoms with Crippen LogP contribution < -0.4 is 5.32 Å². The maximum Gasteiger partial charge on any atom is 0.253 e. The predicted octanol–water partition coefficient (Wildman–Crippen LogP) is 4.86. The van der Waals surface area contributed by atoms with Crippen molar-refractivity contribution in [1.29, 1.82) is 0 Å². The van der Waals surface area contributed by atoms with Gasteiger partial charge in [0.25, 0.3) is 5.78 Å². The Morgan fingerprint density at radius 3 is 2.40 bits per heavy atom. The number of carbonyl (C=O) groups excluding carboxylic acids is 1. The molecule has 0 fully saturated rings. The second kappa shape index (κ2) is 7.88. The van der Waals surface area contributed by atoms with E-state index in [-0.39, 0.29) is 12.3 Å². The van der Waals surface area contributed by atoms with E-state index in [1.165, 1.54) is 0 Å². The molecule has 0 bridgehead atoms. The van der Waals surface area contributed by atoms with Crippen molar-refractivity contribution in [3.63, 3.8) is 0 Å². The molecule has 152 valence electrons. The Morgan fingerprint density at radius 1 is 1.00 bits per heavy atom. The normalized spacial score (nSPS) is 11.1. The molecule has 4 rings (SSSR count). The Bertz CT molecular complexity index is 1260. The lowest BCUT2D eigenvalue weighted by Crippen LogP contribution is -2.19. The summed E-state index contributed by atoms with van der Waals surface area (Å²) in [5, 5.41) is 8.21. The summed E-state index contributed by atoms with van der Waals surface area (Å²) >= 11 is 6.30. The molecule has 2 heterocycles. The number of halogens is 1. The van der Waals surface area contributed by atoms with E-state index < -0.39 is 0 Å². The van der Waals surface area contributed by atoms with Crippen molar-refractivity contribution in [2.75, 3.05) is 5.32 Å². The number of hydrogen-bond donors (Lipinski definition) is 1. The maximum atomic E-state index is 12.8. The third-order valence-electron chi connectivity index (χ3n) is 5.25. The average Bonchev–Trinajstić information content (AvgIpc) is 3.12. The summed E-state index contributed by atoms with van der Waals surface area (Å²) in [4.78, 5) is 21.9. The molecular weight excluding hydrogens is 398 g/mol. The summed E-state index contributed by atoms with van der Waals surface area (Å²) in [6.45, 7) is 7.78. The van der Waals surface area contributed by atoms with Gasteiger partial charge in [-0.05, 0) is 51.0 Å². The predicted molar refractivity (Wildman–Crippen MR) is 119 cm³/mol. The number of carbonyl (C=O) groups is 1. The van der Waals surface area contributed by atoms with Gasteiger partial charge in [-0.3, -0.25) is 4.79 Å². The minimum atomic E-state index is -0.0915. The van der Waals surface area contributed by atoms with Gasteiger partial charge >= 0.3 is 0 Å². The first-order valence-electron chi connectivity index (χ1n) is 9.69. The van der Waals surface area contributed by atoms with Crippen molar-refractivity contribution in [3.8, 4) is 11.4 Å². The number of anilines is 1. The fourth-order valence-corrected chi connectivity index (χ4v) is 3.80. The number of benzene rings is 2. The molecule has 0 aliphatic rings. The first-order valence-corrected chi connectivity index (χ1v) is 10.1. The summed E-state index contributed by atoms with van der Waals surface area (Å²) in [6, 6.07) is 13.4. The van der Waals surface area contributed by atoms with Crippen LogP contribution in [0.15, 0.2) is 42.5 Å². The molecule has 0 spiro atoms. The number of aromatic nitrogens is 4. The lowest BCUT2D eigenvalue weighted by atomic mass is 10.1. The van der Waals surface area contributed by atoms with E-state index in [0.29, 0.717) is 16.6 Å². The highest BCUT2D eigenvalue weighted by atomic mass is 35.5. The van der Waals surface area contributed by atoms with Crippen molar-refractivity contribution in [2.24, 2.45) is 0 Å². The number of amides is 1. The lowest BCUT2D eigenvalue weighted by molar-refractivity contribution is -0.115. The highest BCUT2D eigenvalue weighted by Crippen LogP contribution is 2.26. The molecule has 1 N–H and O–H groups in total. The molecule has 4 aromatic rings. The summed E-state index contributed by atoms with van der Waals surface area (Å²) in [7, 11) is 0. The molecule has 0 unspecified atom stereocenters. The Morgan fingerprint density at radius 2 is 1.70 bits per heavy atom. The molecule has 0 saturated heterocycles. The zero-order valence-corrected chi connectivity index (χ0v) is 18.1. The summed E-state index contributed by atoms with van der Waals surface area (Å²) in [6.07, 6.45) is 0.204. The van der Waals surface area contributed by atoms with Gasteiger partial charge < -0.3 is 5.32 Å². The number of hydrogen-bond acceptors (Lipinski definition) is 4. The van der Waals surface area contributed by atoms with Crippen molar-refractivity contribution >= 4 is 29.0 Å². The molecule has 2 aromatic carbocycles. The summed E-state index contributed by atoms with van der Waals surface area (Å²) < 4.78 is 1.67. The van der Waals surface area contributed by atoms with Crippen LogP contribution in [0, 0.1) is 27.7 Å². The minimum absolute atomic E-state index is 0.0915. The number of nitrogens with zero attached hydrogens (tertiary/aromatic N) is 4. The highest BCUT2D eigenvalue weighted by molar-refractivity contribution is 6.33. The van der Waals surface area contributed by atoms with Gasteiger partial charge in [-0.2, -0.15) is 4.98 Å². The molecule has 0 aliphatic carbocycles. The fourth-order valence-electron chi connectivity index (χ4n) is 3.58. The van der Waals surface area contributed by atoms with Crippen LogP contribution in [0.25, 0.3) is 17.2 Å². The molecular formula is C23H22ClN5O. The van der Waals surface area contributed by atoms with E-state index in [9.17, 15) is 4.79 Å². The Kier molecular flexibility index (Phi) is 5.26. The zero-order chi connectivity index (χ0) is 21.4. The first-order chi connectivity index (χ1) is 14.3. The van der Waals surface area contributed by atoms with Crippen molar-refractivity contribution < 1.29 is 4.79 Å². The molecule has 6 nitrogen and oxygen atoms in total. The molecule has 0 atom stereocenters. The quantitative estimate of drug-likeness (QED) is 0.512. The topological polar surface area (TPSA) is 72.2 Å². The van der Waals surface area contributed by atoms with E-state index in [0.717, 1.165) is 39.3 Å². The third-order valence-corrected chi connectivity index (χ3v) is 5.58. The van der Waals surface area contributed by atoms with E-state index in [2.05, 4.69) is 20.4 Å². The van der Waals surface area contributed by atoms with E-state index in [4.69, 9.17) is 11.6 Å². The Balaban J connectivity index is 1.68. The van der Waals surface area contributed by atoms with Gasteiger partial charge in [-0.15, -0.1) is 5.10 Å². The van der Waals surface area contributed by atoms with Gasteiger partial charge in [0.15, 0.2) is 5.82 Å². The SMILES string of the molecule is Cc1cccc(C)c1NC(=O)Cc1c(C)nc2nc(-c3ccccc3Cl)nn2c1C. The largest absolute Gasteiger partial charge is 0.325 e. The second-order valence-corrected chi connectivity index (χ2v) is 7.79. The first kappa shape index (κ1) is 20.0. The smallest absolute Gasteiger partial charge is 0.253 e. The van der Waals surface area contributed by atoms with Crippen molar-refractivity contribution in [3.05, 3.63) is 75.6 Å². The van der Waals surface area contributed by atoms with Crippen molar-refractivity contribution in [2.45, 2.75) is 34.1 Å². The average molecular weight is 420 g/mol. The molecule has 7 heteroatoms. The number of nitrogens with one attached hydrogen (secondary N) is 1. The molecule has 2 aromatic heterocycles. The molecule has 0 radical (unpaired) electrons. The van der Waals surface area contributed by atoms with Crippen LogP contribution in [0.1, 0.15) is 28.1 Å². The highest BCUT2D eigenvalue weighted by Gasteiger charge is 2.18. The van der Waals surface area contributed by atoms with Crippen LogP contribution >= 0.6 is 11.6 Å². The molecule has 0 saturated carbocycles. The van der Waals surface area contributed by atoms with Crippen LogP contribution in [-0.2, 0) is 11.2 Å². The third kappa shape index (κ3) is 3.66. The number of rotatable bonds is 4. The standard InChI is InChI=1S/C23H22ClN5O/c1-13-8-7-9-14(2)21(13)26-20(30)12-18-15(3)25-23-27-22(28-29(23)16(18)4)17-10-5-6-11-19(17)24/h5-11H,12H2,1-4H3,(H,26,30). The van der Waals surface area contributed by atoms with Crippen LogP contribution in [-0.4, -0.2) is 25.5 Å². The molecule has 0 aliphatic heterocycles. The Hall–Kier alpha value is -3.25. The lowest BCUT2D eigenvalue weighted by Gasteiger charge is -2.13. The van der Waals surface area contributed by atoms with Gasteiger partial charge in [-0.25, -0.2) is 9.50 Å². The van der Waals surface area contributed by atoms with Gasteiger partial charge in [0, 0.05) is 28.2 Å². The van der Waals surface area contributed by atoms with Gasteiger partial charge in [0.1, 0.15) is 0 Å². The van der Waals surface area contributed by atoms with E-state index >= 15 is 0 Å². The maximum absolute atomic E-state index is 12.8. The molecule has 1 amide bonds. The van der Waals surface area contributed by atoms with Crippen LogP contribution in [0.5, 0.6) is 0 Å². The van der Waals surface area contributed by atoms with Gasteiger partial charge in [0.2, 0.25) is 5.91 Å². The van der Waals surface area contributed by atoms with E-state index in [1.54, 1.807) is 10.6 Å². The number of fused-ring (bicyclic) bond motifs is 1. The fraction of sp³-hybridized carbons (Fsp3) is 0.217. The summed E-state index contributed by atoms with van der Waals surface area (Å²) in [5.41, 5.74) is 6.10. The van der Waals surface area contributed by atoms with Crippen LogP contribution in [0.3, 0.4) is 0 Å². The summed E-state index contributed by atoms with van der Waals surface area (Å²) in [5.74, 6) is 0.901. The molecule has 30 heavy (non-hydrogen) atoms. The number of aryl methyl sites for hydroxylation is 4. The van der Waals surface area contributed by atoms with Crippen LogP contribution in [0.2, 0.25) is 5.02 Å². The Labute approximate surface area is 179 Å². The zero-order valence-electron chi connectivity index (χ0n) is 17.3. The monoisotopic (exact) mass is 419 g/mol. The van der Waals surface area contributed by atoms with Crippen molar-refractivity contribution in [1.82, 2.24) is 19.6 Å².